The highest BCUT2D eigenvalue weighted by Crippen LogP contribution is 2.29. The minimum absolute atomic E-state index is 0.0284. The summed E-state index contributed by atoms with van der Waals surface area (Å²) in [5, 5.41) is 10.6. The summed E-state index contributed by atoms with van der Waals surface area (Å²) in [4.78, 5) is 10.1. The van der Waals surface area contributed by atoms with Crippen molar-refractivity contribution in [3.63, 3.8) is 0 Å². The van der Waals surface area contributed by atoms with Crippen LogP contribution in [-0.2, 0) is 6.54 Å². The number of hydrogen-bond acceptors (Lipinski definition) is 4. The highest BCUT2D eigenvalue weighted by atomic mass is 79.9. The Kier molecular flexibility index (Phi) is 4.13. The third-order valence-corrected chi connectivity index (χ3v) is 3.02. The summed E-state index contributed by atoms with van der Waals surface area (Å²) in [5.74, 6) is 1.16. The molecule has 0 aliphatic rings. The van der Waals surface area contributed by atoms with Crippen LogP contribution >= 0.6 is 15.9 Å². The van der Waals surface area contributed by atoms with Gasteiger partial charge in [0.15, 0.2) is 0 Å². The van der Waals surface area contributed by atoms with E-state index in [4.69, 9.17) is 10.5 Å². The summed E-state index contributed by atoms with van der Waals surface area (Å²) in [7, 11) is 0. The third kappa shape index (κ3) is 3.30. The van der Waals surface area contributed by atoms with E-state index in [1.807, 2.05) is 18.2 Å². The van der Waals surface area contributed by atoms with Gasteiger partial charge in [0.25, 0.3) is 5.69 Å². The van der Waals surface area contributed by atoms with Crippen molar-refractivity contribution in [3.05, 3.63) is 62.6 Å². The zero-order chi connectivity index (χ0) is 13.8. The van der Waals surface area contributed by atoms with Crippen molar-refractivity contribution < 1.29 is 9.66 Å². The van der Waals surface area contributed by atoms with E-state index in [-0.39, 0.29) is 5.69 Å². The van der Waals surface area contributed by atoms with E-state index in [9.17, 15) is 10.1 Å². The maximum Gasteiger partial charge on any atom is 0.269 e. The molecular weight excluding hydrogens is 312 g/mol. The highest BCUT2D eigenvalue weighted by Gasteiger charge is 2.07. The Bertz CT molecular complexity index is 599. The monoisotopic (exact) mass is 322 g/mol. The fourth-order valence-corrected chi connectivity index (χ4v) is 1.89. The van der Waals surface area contributed by atoms with Crippen LogP contribution in [0.15, 0.2) is 46.9 Å². The van der Waals surface area contributed by atoms with Crippen LogP contribution in [0.3, 0.4) is 0 Å². The lowest BCUT2D eigenvalue weighted by Crippen LogP contribution is -1.99. The Morgan fingerprint density at radius 2 is 1.89 bits per heavy atom. The van der Waals surface area contributed by atoms with E-state index in [1.165, 1.54) is 12.1 Å². The van der Waals surface area contributed by atoms with Gasteiger partial charge in [-0.25, -0.2) is 0 Å². The van der Waals surface area contributed by atoms with E-state index in [1.54, 1.807) is 12.1 Å². The SMILES string of the molecule is NCc1ccc(Br)cc1Oc1ccc([N+](=O)[O-])cc1. The van der Waals surface area contributed by atoms with Crippen LogP contribution < -0.4 is 10.5 Å². The lowest BCUT2D eigenvalue weighted by atomic mass is 10.2. The summed E-state index contributed by atoms with van der Waals surface area (Å²) in [5.41, 5.74) is 6.52. The Balaban J connectivity index is 2.25. The maximum atomic E-state index is 10.6. The van der Waals surface area contributed by atoms with Gasteiger partial charge in [-0.1, -0.05) is 22.0 Å². The minimum atomic E-state index is -0.450. The Morgan fingerprint density at radius 3 is 2.47 bits per heavy atom. The van der Waals surface area contributed by atoms with Crippen molar-refractivity contribution >= 4 is 21.6 Å². The first-order valence-corrected chi connectivity index (χ1v) is 6.30. The quantitative estimate of drug-likeness (QED) is 0.689. The summed E-state index contributed by atoms with van der Waals surface area (Å²) in [6.07, 6.45) is 0. The van der Waals surface area contributed by atoms with Crippen LogP contribution in [0.2, 0.25) is 0 Å². The first-order valence-electron chi connectivity index (χ1n) is 5.51. The molecule has 6 heteroatoms. The average Bonchev–Trinajstić information content (AvgIpc) is 2.39. The Morgan fingerprint density at radius 1 is 1.21 bits per heavy atom. The van der Waals surface area contributed by atoms with E-state index >= 15 is 0 Å². The van der Waals surface area contributed by atoms with Crippen LogP contribution in [0.1, 0.15) is 5.56 Å². The van der Waals surface area contributed by atoms with Gasteiger partial charge in [-0.2, -0.15) is 0 Å². The molecule has 2 aromatic rings. The van der Waals surface area contributed by atoms with Crippen LogP contribution in [0.25, 0.3) is 0 Å². The molecule has 2 aromatic carbocycles. The number of nitrogens with two attached hydrogens (primary N) is 1. The second-order valence-electron chi connectivity index (χ2n) is 3.81. The van der Waals surface area contributed by atoms with Gasteiger partial charge in [0, 0.05) is 28.7 Å². The molecule has 0 heterocycles. The molecule has 5 nitrogen and oxygen atoms in total. The molecule has 0 spiro atoms. The van der Waals surface area contributed by atoms with Crippen molar-refractivity contribution in [1.82, 2.24) is 0 Å². The van der Waals surface area contributed by atoms with Crippen molar-refractivity contribution in [2.75, 3.05) is 0 Å². The second-order valence-corrected chi connectivity index (χ2v) is 4.72. The molecule has 0 fully saturated rings. The molecule has 0 unspecified atom stereocenters. The van der Waals surface area contributed by atoms with Gasteiger partial charge in [-0.15, -0.1) is 0 Å². The summed E-state index contributed by atoms with van der Waals surface area (Å²) in [6, 6.07) is 11.5. The molecular formula is C13H11BrN2O3. The molecule has 2 N–H and O–H groups in total. The Labute approximate surface area is 118 Å². The molecule has 0 bridgehead atoms. The first-order chi connectivity index (χ1) is 9.10. The second kappa shape index (κ2) is 5.81. The molecule has 0 aromatic heterocycles. The van der Waals surface area contributed by atoms with Gasteiger partial charge >= 0.3 is 0 Å². The van der Waals surface area contributed by atoms with Crippen molar-refractivity contribution in [2.45, 2.75) is 6.54 Å². The number of nitro benzene ring substituents is 1. The molecule has 0 radical (unpaired) electrons. The fraction of sp³-hybridized carbons (Fsp3) is 0.0769. The maximum absolute atomic E-state index is 10.6. The van der Waals surface area contributed by atoms with Crippen LogP contribution in [0.5, 0.6) is 11.5 Å². The summed E-state index contributed by atoms with van der Waals surface area (Å²) < 4.78 is 6.56. The van der Waals surface area contributed by atoms with E-state index in [0.717, 1.165) is 10.0 Å². The van der Waals surface area contributed by atoms with Crippen molar-refractivity contribution in [1.29, 1.82) is 0 Å². The number of nitrogens with zero attached hydrogens (tertiary/aromatic N) is 1. The number of rotatable bonds is 4. The number of ether oxygens (including phenoxy) is 1. The third-order valence-electron chi connectivity index (χ3n) is 2.52. The molecule has 2 rings (SSSR count). The number of hydrogen-bond donors (Lipinski definition) is 1. The smallest absolute Gasteiger partial charge is 0.269 e. The standard InChI is InChI=1S/C13H11BrN2O3/c14-10-2-1-9(8-15)13(7-10)19-12-5-3-11(4-6-12)16(17)18/h1-7H,8,15H2. The lowest BCUT2D eigenvalue weighted by molar-refractivity contribution is -0.384. The number of non-ortho nitro benzene ring substituents is 1. The predicted molar refractivity (Wildman–Crippen MR) is 75.2 cm³/mol. The number of nitro groups is 1. The highest BCUT2D eigenvalue weighted by molar-refractivity contribution is 9.10. The van der Waals surface area contributed by atoms with Gasteiger partial charge in [0.05, 0.1) is 4.92 Å². The zero-order valence-electron chi connectivity index (χ0n) is 9.88. The van der Waals surface area contributed by atoms with Gasteiger partial charge in [0.2, 0.25) is 0 Å². The largest absolute Gasteiger partial charge is 0.457 e. The summed E-state index contributed by atoms with van der Waals surface area (Å²) >= 11 is 3.36. The normalized spacial score (nSPS) is 10.2. The number of benzene rings is 2. The predicted octanol–water partition coefficient (Wildman–Crippen LogP) is 3.61. The van der Waals surface area contributed by atoms with E-state index in [2.05, 4.69) is 15.9 Å². The minimum Gasteiger partial charge on any atom is -0.457 e. The fourth-order valence-electron chi connectivity index (χ4n) is 1.55. The van der Waals surface area contributed by atoms with Crippen LogP contribution in [0, 0.1) is 10.1 Å². The van der Waals surface area contributed by atoms with E-state index < -0.39 is 4.92 Å². The van der Waals surface area contributed by atoms with Crippen molar-refractivity contribution in [3.8, 4) is 11.5 Å². The molecule has 0 aliphatic carbocycles. The average molecular weight is 323 g/mol. The van der Waals surface area contributed by atoms with Gasteiger partial charge in [-0.05, 0) is 24.3 Å². The van der Waals surface area contributed by atoms with E-state index in [0.29, 0.717) is 18.0 Å². The molecule has 98 valence electrons. The topological polar surface area (TPSA) is 78.4 Å². The summed E-state index contributed by atoms with van der Waals surface area (Å²) in [6.45, 7) is 0.357. The van der Waals surface area contributed by atoms with Crippen molar-refractivity contribution in [2.24, 2.45) is 5.73 Å². The van der Waals surface area contributed by atoms with Gasteiger partial charge in [0.1, 0.15) is 11.5 Å². The van der Waals surface area contributed by atoms with Crippen LogP contribution in [0.4, 0.5) is 5.69 Å². The Hall–Kier alpha value is -1.92. The molecule has 0 aliphatic heterocycles. The molecule has 0 amide bonds. The van der Waals surface area contributed by atoms with Gasteiger partial charge in [-0.3, -0.25) is 10.1 Å². The molecule has 0 saturated carbocycles. The molecule has 0 saturated heterocycles. The molecule has 19 heavy (non-hydrogen) atoms. The number of halogens is 1. The molecule has 0 atom stereocenters. The van der Waals surface area contributed by atoms with Gasteiger partial charge < -0.3 is 10.5 Å². The van der Waals surface area contributed by atoms with Crippen LogP contribution in [-0.4, -0.2) is 4.92 Å². The zero-order valence-corrected chi connectivity index (χ0v) is 11.5. The lowest BCUT2D eigenvalue weighted by Gasteiger charge is -2.10. The first kappa shape index (κ1) is 13.5.